The zero-order valence-corrected chi connectivity index (χ0v) is 14.9. The lowest BCUT2D eigenvalue weighted by atomic mass is 9.66. The fourth-order valence-corrected chi connectivity index (χ4v) is 5.49. The molecule has 0 amide bonds. The first-order chi connectivity index (χ1) is 11.3. The summed E-state index contributed by atoms with van der Waals surface area (Å²) in [4.78, 5) is 10.8. The number of hydrogen-bond acceptors (Lipinski definition) is 1. The molecule has 2 saturated carbocycles. The zero-order valence-electron chi connectivity index (χ0n) is 14.9. The molecule has 1 unspecified atom stereocenters. The van der Waals surface area contributed by atoms with E-state index in [1.54, 1.807) is 0 Å². The highest BCUT2D eigenvalue weighted by Gasteiger charge is 2.32. The lowest BCUT2D eigenvalue weighted by Crippen LogP contribution is -2.28. The molecule has 0 aromatic carbocycles. The van der Waals surface area contributed by atoms with Crippen molar-refractivity contribution in [2.24, 2.45) is 29.6 Å². The molecule has 0 spiro atoms. The van der Waals surface area contributed by atoms with Gasteiger partial charge in [-0.25, -0.2) is 0 Å². The van der Waals surface area contributed by atoms with Crippen molar-refractivity contribution < 1.29 is 4.79 Å². The minimum absolute atomic E-state index is 0.694. The normalized spacial score (nSPS) is 38.1. The molecule has 0 heterocycles. The molecule has 1 heteroatoms. The third-order valence-electron chi connectivity index (χ3n) is 6.97. The summed E-state index contributed by atoms with van der Waals surface area (Å²) in [5.74, 6) is 4.65. The monoisotopic (exact) mass is 314 g/mol. The molecule has 3 rings (SSSR count). The fraction of sp³-hybridized carbons (Fsp3) is 0.773. The molecule has 128 valence electrons. The molecule has 0 aromatic rings. The summed E-state index contributed by atoms with van der Waals surface area (Å²) in [6.07, 6.45) is 23.2. The van der Waals surface area contributed by atoms with Crippen LogP contribution in [0.3, 0.4) is 0 Å². The minimum Gasteiger partial charge on any atom is -0.298 e. The summed E-state index contributed by atoms with van der Waals surface area (Å²) >= 11 is 0. The number of allylic oxidation sites excluding steroid dienone is 4. The second-order valence-electron chi connectivity index (χ2n) is 8.32. The fourth-order valence-electron chi connectivity index (χ4n) is 5.49. The Bertz CT molecular complexity index is 431. The van der Waals surface area contributed by atoms with Crippen LogP contribution in [0.5, 0.6) is 0 Å². The molecule has 1 nitrogen and oxygen atoms in total. The standard InChI is InChI=1S/C22H34O/c1-2-3-17-4-8-19(9-5-17)21-12-14-22(15-13-21)20-10-6-18(16-23)7-11-20/h6-7,10,16-17,19-22H,2-5,8-9,11-15H2,1H3. The SMILES string of the molecule is CCCC1CCC(C2CCC(C3C=CC(C=O)=CC3)CC2)CC1. The Morgan fingerprint density at radius 1 is 0.957 bits per heavy atom. The molecule has 3 aliphatic rings. The topological polar surface area (TPSA) is 17.1 Å². The van der Waals surface area contributed by atoms with E-state index in [1.165, 1.54) is 64.2 Å². The van der Waals surface area contributed by atoms with E-state index >= 15 is 0 Å². The van der Waals surface area contributed by atoms with Crippen molar-refractivity contribution in [1.82, 2.24) is 0 Å². The summed E-state index contributed by atoms with van der Waals surface area (Å²) in [5.41, 5.74) is 0.874. The summed E-state index contributed by atoms with van der Waals surface area (Å²) in [6, 6.07) is 0. The van der Waals surface area contributed by atoms with Gasteiger partial charge < -0.3 is 0 Å². The van der Waals surface area contributed by atoms with E-state index in [2.05, 4.69) is 19.1 Å². The maximum atomic E-state index is 10.8. The van der Waals surface area contributed by atoms with E-state index in [-0.39, 0.29) is 0 Å². The molecule has 0 N–H and O–H groups in total. The number of hydrogen-bond donors (Lipinski definition) is 0. The van der Waals surface area contributed by atoms with Crippen LogP contribution < -0.4 is 0 Å². The molecular formula is C22H34O. The Kier molecular flexibility index (Phi) is 6.14. The molecule has 2 fully saturated rings. The Labute approximate surface area is 142 Å². The van der Waals surface area contributed by atoms with Crippen LogP contribution in [0.4, 0.5) is 0 Å². The number of carbonyl (C=O) groups excluding carboxylic acids is 1. The second-order valence-corrected chi connectivity index (χ2v) is 8.32. The van der Waals surface area contributed by atoms with Crippen LogP contribution in [0, 0.1) is 29.6 Å². The molecular weight excluding hydrogens is 280 g/mol. The van der Waals surface area contributed by atoms with Crippen molar-refractivity contribution in [1.29, 1.82) is 0 Å². The van der Waals surface area contributed by atoms with E-state index in [1.807, 2.05) is 6.08 Å². The highest BCUT2D eigenvalue weighted by Crippen LogP contribution is 2.44. The second kappa shape index (κ2) is 8.31. The molecule has 1 atom stereocenters. The van der Waals surface area contributed by atoms with Crippen molar-refractivity contribution in [2.75, 3.05) is 0 Å². The highest BCUT2D eigenvalue weighted by atomic mass is 16.1. The molecule has 0 radical (unpaired) electrons. The Hall–Kier alpha value is -0.850. The van der Waals surface area contributed by atoms with Crippen LogP contribution in [0.1, 0.15) is 77.6 Å². The van der Waals surface area contributed by atoms with Gasteiger partial charge in [-0.15, -0.1) is 0 Å². The van der Waals surface area contributed by atoms with Gasteiger partial charge in [0.25, 0.3) is 0 Å². The number of carbonyl (C=O) groups is 1. The Balaban J connectivity index is 1.42. The maximum absolute atomic E-state index is 10.8. The van der Waals surface area contributed by atoms with Crippen molar-refractivity contribution in [3.8, 4) is 0 Å². The molecule has 23 heavy (non-hydrogen) atoms. The molecule has 0 bridgehead atoms. The third-order valence-corrected chi connectivity index (χ3v) is 6.97. The average molecular weight is 315 g/mol. The summed E-state index contributed by atoms with van der Waals surface area (Å²) < 4.78 is 0. The van der Waals surface area contributed by atoms with E-state index in [9.17, 15) is 4.79 Å². The van der Waals surface area contributed by atoms with E-state index in [0.29, 0.717) is 5.92 Å². The molecule has 0 aromatic heterocycles. The first-order valence-electron chi connectivity index (χ1n) is 10.1. The predicted octanol–water partition coefficient (Wildman–Crippen LogP) is 6.10. The summed E-state index contributed by atoms with van der Waals surface area (Å²) in [7, 11) is 0. The van der Waals surface area contributed by atoms with Crippen LogP contribution in [-0.4, -0.2) is 6.29 Å². The van der Waals surface area contributed by atoms with Crippen molar-refractivity contribution in [2.45, 2.75) is 77.6 Å². The van der Waals surface area contributed by atoms with Gasteiger partial charge in [-0.3, -0.25) is 4.79 Å². The van der Waals surface area contributed by atoms with Gasteiger partial charge in [0.2, 0.25) is 0 Å². The Morgan fingerprint density at radius 3 is 2.09 bits per heavy atom. The summed E-state index contributed by atoms with van der Waals surface area (Å²) in [6.45, 7) is 2.33. The quantitative estimate of drug-likeness (QED) is 0.560. The predicted molar refractivity (Wildman–Crippen MR) is 97.2 cm³/mol. The van der Waals surface area contributed by atoms with Gasteiger partial charge in [0.15, 0.2) is 0 Å². The van der Waals surface area contributed by atoms with Gasteiger partial charge in [-0.05, 0) is 74.5 Å². The van der Waals surface area contributed by atoms with Gasteiger partial charge in [0, 0.05) is 5.57 Å². The van der Waals surface area contributed by atoms with Crippen LogP contribution in [-0.2, 0) is 4.79 Å². The highest BCUT2D eigenvalue weighted by molar-refractivity contribution is 5.77. The average Bonchev–Trinajstić information content (AvgIpc) is 2.63. The van der Waals surface area contributed by atoms with Gasteiger partial charge in [0.05, 0.1) is 0 Å². The van der Waals surface area contributed by atoms with Crippen LogP contribution in [0.2, 0.25) is 0 Å². The van der Waals surface area contributed by atoms with Crippen molar-refractivity contribution in [3.63, 3.8) is 0 Å². The molecule has 3 aliphatic carbocycles. The maximum Gasteiger partial charge on any atom is 0.149 e. The van der Waals surface area contributed by atoms with Crippen molar-refractivity contribution in [3.05, 3.63) is 23.8 Å². The minimum atomic E-state index is 0.694. The molecule has 0 saturated heterocycles. The Morgan fingerprint density at radius 2 is 1.57 bits per heavy atom. The van der Waals surface area contributed by atoms with E-state index in [4.69, 9.17) is 0 Å². The lowest BCUT2D eigenvalue weighted by molar-refractivity contribution is -0.104. The molecule has 0 aliphatic heterocycles. The lowest BCUT2D eigenvalue weighted by Gasteiger charge is -2.39. The smallest absolute Gasteiger partial charge is 0.149 e. The van der Waals surface area contributed by atoms with Gasteiger partial charge >= 0.3 is 0 Å². The summed E-state index contributed by atoms with van der Waals surface area (Å²) in [5, 5.41) is 0. The number of rotatable bonds is 5. The van der Waals surface area contributed by atoms with Crippen LogP contribution >= 0.6 is 0 Å². The first kappa shape index (κ1) is 17.0. The number of aldehydes is 1. The largest absolute Gasteiger partial charge is 0.298 e. The zero-order chi connectivity index (χ0) is 16.1. The van der Waals surface area contributed by atoms with E-state index < -0.39 is 0 Å². The first-order valence-corrected chi connectivity index (χ1v) is 10.1. The van der Waals surface area contributed by atoms with Crippen molar-refractivity contribution >= 4 is 6.29 Å². The van der Waals surface area contributed by atoms with Gasteiger partial charge in [-0.1, -0.05) is 50.8 Å². The van der Waals surface area contributed by atoms with Gasteiger partial charge in [-0.2, -0.15) is 0 Å². The third kappa shape index (κ3) is 4.37. The van der Waals surface area contributed by atoms with Crippen LogP contribution in [0.15, 0.2) is 23.8 Å². The van der Waals surface area contributed by atoms with Gasteiger partial charge in [0.1, 0.15) is 6.29 Å². The van der Waals surface area contributed by atoms with E-state index in [0.717, 1.165) is 42.0 Å². The van der Waals surface area contributed by atoms with Crippen LogP contribution in [0.25, 0.3) is 0 Å².